The van der Waals surface area contributed by atoms with Gasteiger partial charge < -0.3 is 14.8 Å². The molecule has 2 heterocycles. The molecule has 3 rings (SSSR count). The number of nitrogens with zero attached hydrogens (tertiary/aromatic N) is 2. The fraction of sp³-hybridized carbons (Fsp3) is 0.538. The van der Waals surface area contributed by atoms with Gasteiger partial charge in [-0.15, -0.1) is 0 Å². The second kappa shape index (κ2) is 5.64. The van der Waals surface area contributed by atoms with E-state index in [0.717, 1.165) is 32.8 Å². The molecule has 0 aliphatic carbocycles. The number of hydrogen-bond donors (Lipinski definition) is 1. The van der Waals surface area contributed by atoms with E-state index in [1.54, 1.807) is 6.07 Å². The molecule has 0 saturated carbocycles. The Labute approximate surface area is 116 Å². The molecule has 1 saturated heterocycles. The second-order valence-electron chi connectivity index (χ2n) is 4.97. The zero-order valence-electron chi connectivity index (χ0n) is 11.1. The van der Waals surface area contributed by atoms with Crippen molar-refractivity contribution in [2.75, 3.05) is 44.7 Å². The van der Waals surface area contributed by atoms with Gasteiger partial charge in [-0.1, -0.05) is 0 Å². The first-order chi connectivity index (χ1) is 9.72. The van der Waals surface area contributed by atoms with Crippen LogP contribution in [0, 0.1) is 10.1 Å². The van der Waals surface area contributed by atoms with Crippen LogP contribution in [0.3, 0.4) is 0 Å². The molecule has 1 aromatic carbocycles. The maximum absolute atomic E-state index is 10.7. The Morgan fingerprint density at radius 1 is 1.40 bits per heavy atom. The summed E-state index contributed by atoms with van der Waals surface area (Å²) >= 11 is 0. The highest BCUT2D eigenvalue weighted by molar-refractivity contribution is 5.62. The Balaban J connectivity index is 1.64. The van der Waals surface area contributed by atoms with Crippen molar-refractivity contribution in [1.82, 2.24) is 4.90 Å². The van der Waals surface area contributed by atoms with E-state index in [4.69, 9.17) is 9.47 Å². The number of rotatable bonds is 3. The van der Waals surface area contributed by atoms with Crippen LogP contribution >= 0.6 is 0 Å². The molecular formula is C13H17N3O4. The fourth-order valence-corrected chi connectivity index (χ4v) is 2.49. The van der Waals surface area contributed by atoms with Crippen LogP contribution in [0.5, 0.6) is 5.75 Å². The molecule has 2 aliphatic heterocycles. The number of benzene rings is 1. The third kappa shape index (κ3) is 2.83. The lowest BCUT2D eigenvalue weighted by molar-refractivity contribution is -0.384. The molecule has 1 atom stereocenters. The summed E-state index contributed by atoms with van der Waals surface area (Å²) < 4.78 is 11.2. The van der Waals surface area contributed by atoms with Crippen molar-refractivity contribution in [3.05, 3.63) is 28.3 Å². The van der Waals surface area contributed by atoms with Gasteiger partial charge in [-0.05, 0) is 6.07 Å². The summed E-state index contributed by atoms with van der Waals surface area (Å²) in [5.74, 6) is 0.681. The number of morpholine rings is 1. The number of ether oxygens (including phenoxy) is 2. The lowest BCUT2D eigenvalue weighted by Gasteiger charge is -2.33. The average Bonchev–Trinajstić information content (AvgIpc) is 2.47. The molecule has 108 valence electrons. The van der Waals surface area contributed by atoms with Crippen molar-refractivity contribution in [2.45, 2.75) is 6.10 Å². The van der Waals surface area contributed by atoms with Crippen LogP contribution in [0.25, 0.3) is 0 Å². The molecule has 0 amide bonds. The maximum atomic E-state index is 10.7. The zero-order chi connectivity index (χ0) is 13.9. The largest absolute Gasteiger partial charge is 0.485 e. The number of nitro groups is 1. The van der Waals surface area contributed by atoms with Gasteiger partial charge in [0.1, 0.15) is 11.9 Å². The van der Waals surface area contributed by atoms with Gasteiger partial charge in [0, 0.05) is 31.8 Å². The maximum Gasteiger partial charge on any atom is 0.271 e. The summed E-state index contributed by atoms with van der Waals surface area (Å²) in [6.07, 6.45) is 0.0575. The van der Waals surface area contributed by atoms with Crippen molar-refractivity contribution in [3.8, 4) is 5.75 Å². The quantitative estimate of drug-likeness (QED) is 0.659. The molecule has 7 nitrogen and oxygen atoms in total. The number of nitrogens with one attached hydrogen (secondary N) is 1. The molecule has 2 aliphatic rings. The van der Waals surface area contributed by atoms with Gasteiger partial charge in [0.2, 0.25) is 0 Å². The molecule has 1 aromatic rings. The highest BCUT2D eigenvalue weighted by Crippen LogP contribution is 2.32. The summed E-state index contributed by atoms with van der Waals surface area (Å²) in [5.41, 5.74) is 0.768. The number of hydrogen-bond acceptors (Lipinski definition) is 6. The monoisotopic (exact) mass is 279 g/mol. The van der Waals surface area contributed by atoms with Gasteiger partial charge in [0.15, 0.2) is 0 Å². The van der Waals surface area contributed by atoms with Crippen molar-refractivity contribution in [2.24, 2.45) is 0 Å². The number of non-ortho nitro benzene ring substituents is 1. The van der Waals surface area contributed by atoms with Crippen LogP contribution in [-0.2, 0) is 4.74 Å². The predicted octanol–water partition coefficient (Wildman–Crippen LogP) is 1.10. The van der Waals surface area contributed by atoms with E-state index < -0.39 is 4.92 Å². The van der Waals surface area contributed by atoms with Gasteiger partial charge in [0.25, 0.3) is 5.69 Å². The van der Waals surface area contributed by atoms with Gasteiger partial charge in [-0.3, -0.25) is 15.0 Å². The molecule has 20 heavy (non-hydrogen) atoms. The Hall–Kier alpha value is -1.86. The minimum atomic E-state index is -0.401. The summed E-state index contributed by atoms with van der Waals surface area (Å²) in [6.45, 7) is 4.88. The normalized spacial score (nSPS) is 22.5. The fourth-order valence-electron chi connectivity index (χ4n) is 2.49. The molecule has 0 spiro atoms. The van der Waals surface area contributed by atoms with Gasteiger partial charge in [0.05, 0.1) is 30.4 Å². The Morgan fingerprint density at radius 3 is 2.95 bits per heavy atom. The third-order valence-corrected chi connectivity index (χ3v) is 3.55. The molecule has 7 heteroatoms. The van der Waals surface area contributed by atoms with Gasteiger partial charge in [-0.2, -0.15) is 0 Å². The highest BCUT2D eigenvalue weighted by Gasteiger charge is 2.24. The summed E-state index contributed by atoms with van der Waals surface area (Å²) in [4.78, 5) is 12.6. The topological polar surface area (TPSA) is 76.9 Å². The minimum Gasteiger partial charge on any atom is -0.485 e. The molecule has 1 unspecified atom stereocenters. The first-order valence-electron chi connectivity index (χ1n) is 6.71. The highest BCUT2D eigenvalue weighted by atomic mass is 16.6. The van der Waals surface area contributed by atoms with Crippen LogP contribution in [0.15, 0.2) is 18.2 Å². The molecule has 0 bridgehead atoms. The molecule has 0 aromatic heterocycles. The Bertz CT molecular complexity index is 502. The lowest BCUT2D eigenvalue weighted by atomic mass is 10.2. The molecule has 1 fully saturated rings. The molecule has 0 radical (unpaired) electrons. The summed E-state index contributed by atoms with van der Waals surface area (Å²) in [6, 6.07) is 4.64. The van der Waals surface area contributed by atoms with Crippen LogP contribution in [0.2, 0.25) is 0 Å². The Kier molecular flexibility index (Phi) is 3.70. The van der Waals surface area contributed by atoms with E-state index in [2.05, 4.69) is 10.2 Å². The summed E-state index contributed by atoms with van der Waals surface area (Å²) in [7, 11) is 0. The predicted molar refractivity (Wildman–Crippen MR) is 73.3 cm³/mol. The number of anilines is 1. The van der Waals surface area contributed by atoms with E-state index in [1.165, 1.54) is 12.1 Å². The zero-order valence-corrected chi connectivity index (χ0v) is 11.1. The smallest absolute Gasteiger partial charge is 0.271 e. The first kappa shape index (κ1) is 13.1. The number of fused-ring (bicyclic) bond motifs is 1. The Morgan fingerprint density at radius 2 is 2.20 bits per heavy atom. The van der Waals surface area contributed by atoms with Crippen LogP contribution in [-0.4, -0.2) is 55.3 Å². The third-order valence-electron chi connectivity index (χ3n) is 3.55. The van der Waals surface area contributed by atoms with Crippen molar-refractivity contribution in [1.29, 1.82) is 0 Å². The van der Waals surface area contributed by atoms with E-state index >= 15 is 0 Å². The van der Waals surface area contributed by atoms with Gasteiger partial charge >= 0.3 is 0 Å². The van der Waals surface area contributed by atoms with E-state index in [-0.39, 0.29) is 11.8 Å². The van der Waals surface area contributed by atoms with Crippen LogP contribution < -0.4 is 10.1 Å². The van der Waals surface area contributed by atoms with Crippen LogP contribution in [0.1, 0.15) is 0 Å². The molecular weight excluding hydrogens is 262 g/mol. The molecule has 1 N–H and O–H groups in total. The minimum absolute atomic E-state index is 0.0575. The first-order valence-corrected chi connectivity index (χ1v) is 6.71. The number of nitro benzene ring substituents is 1. The summed E-state index contributed by atoms with van der Waals surface area (Å²) in [5, 5.41) is 13.9. The standard InChI is InChI=1S/C13H17N3O4/c17-16(18)10-1-2-13-12(7-10)14-8-11(20-13)9-15-3-5-19-6-4-15/h1-2,7,11,14H,3-6,8-9H2. The van der Waals surface area contributed by atoms with E-state index in [0.29, 0.717) is 18.0 Å². The van der Waals surface area contributed by atoms with E-state index in [1.807, 2.05) is 0 Å². The van der Waals surface area contributed by atoms with Crippen molar-refractivity contribution >= 4 is 11.4 Å². The SMILES string of the molecule is O=[N+]([O-])c1ccc2c(c1)NCC(CN1CCOCC1)O2. The van der Waals surface area contributed by atoms with Crippen molar-refractivity contribution < 1.29 is 14.4 Å². The van der Waals surface area contributed by atoms with Crippen LogP contribution in [0.4, 0.5) is 11.4 Å². The van der Waals surface area contributed by atoms with E-state index in [9.17, 15) is 10.1 Å². The van der Waals surface area contributed by atoms with Gasteiger partial charge in [-0.25, -0.2) is 0 Å². The average molecular weight is 279 g/mol. The van der Waals surface area contributed by atoms with Crippen molar-refractivity contribution in [3.63, 3.8) is 0 Å². The second-order valence-corrected chi connectivity index (χ2v) is 4.97. The lowest BCUT2D eigenvalue weighted by Crippen LogP contribution is -2.46.